The van der Waals surface area contributed by atoms with E-state index in [1.807, 2.05) is 4.90 Å². The molecule has 0 radical (unpaired) electrons. The number of nitrogens with one attached hydrogen (secondary N) is 1. The minimum atomic E-state index is -0.119. The lowest BCUT2D eigenvalue weighted by Crippen LogP contribution is -2.36. The first-order valence-corrected chi connectivity index (χ1v) is 8.15. The second-order valence-corrected chi connectivity index (χ2v) is 5.64. The van der Waals surface area contributed by atoms with E-state index in [0.717, 1.165) is 37.6 Å². The predicted octanol–water partition coefficient (Wildman–Crippen LogP) is 1.40. The Kier molecular flexibility index (Phi) is 4.47. The number of fused-ring (bicyclic) bond motifs is 3. The fourth-order valence-corrected chi connectivity index (χ4v) is 2.98. The van der Waals surface area contributed by atoms with Gasteiger partial charge in [-0.05, 0) is 20.0 Å². The zero-order valence-corrected chi connectivity index (χ0v) is 13.9. The third kappa shape index (κ3) is 2.88. The molecule has 1 aromatic heterocycles. The molecule has 124 valence electrons. The Bertz CT molecular complexity index is 658. The molecule has 2 aliphatic heterocycles. The third-order valence-electron chi connectivity index (χ3n) is 4.31. The summed E-state index contributed by atoms with van der Waals surface area (Å²) in [4.78, 5) is 25.7. The summed E-state index contributed by atoms with van der Waals surface area (Å²) in [6, 6.07) is 0. The highest BCUT2D eigenvalue weighted by atomic mass is 16.4. The van der Waals surface area contributed by atoms with Gasteiger partial charge >= 0.3 is 0 Å². The van der Waals surface area contributed by atoms with E-state index >= 15 is 0 Å². The minimum absolute atomic E-state index is 0.119. The molecule has 0 aromatic carbocycles. The number of rotatable bonds is 6. The zero-order chi connectivity index (χ0) is 16.4. The van der Waals surface area contributed by atoms with Crippen molar-refractivity contribution in [2.45, 2.75) is 20.8 Å². The molecule has 0 bridgehead atoms. The fourth-order valence-electron chi connectivity index (χ4n) is 2.98. The van der Waals surface area contributed by atoms with Crippen LogP contribution in [0.3, 0.4) is 0 Å². The van der Waals surface area contributed by atoms with Crippen molar-refractivity contribution in [1.29, 1.82) is 0 Å². The Labute approximate surface area is 136 Å². The van der Waals surface area contributed by atoms with Gasteiger partial charge in [-0.1, -0.05) is 13.8 Å². The molecule has 0 saturated heterocycles. The smallest absolute Gasteiger partial charge is 0.255 e. The maximum absolute atomic E-state index is 12.6. The first kappa shape index (κ1) is 15.7. The van der Waals surface area contributed by atoms with E-state index in [0.29, 0.717) is 30.3 Å². The molecule has 0 atom stereocenters. The number of amidine groups is 1. The lowest BCUT2D eigenvalue weighted by atomic mass is 10.1. The number of amides is 1. The number of carbonyl (C=O) groups is 1. The Morgan fingerprint density at radius 3 is 2.96 bits per heavy atom. The normalized spacial score (nSPS) is 15.7. The summed E-state index contributed by atoms with van der Waals surface area (Å²) in [5.41, 5.74) is 1.28. The molecule has 7 heteroatoms. The summed E-state index contributed by atoms with van der Waals surface area (Å²) in [7, 11) is 0. The largest absolute Gasteiger partial charge is 0.442 e. The van der Waals surface area contributed by atoms with Gasteiger partial charge in [0, 0.05) is 19.6 Å². The molecular weight excluding hydrogens is 294 g/mol. The number of nitrogens with zero attached hydrogens (tertiary/aromatic N) is 4. The van der Waals surface area contributed by atoms with Crippen LogP contribution >= 0.6 is 0 Å². The summed E-state index contributed by atoms with van der Waals surface area (Å²) in [6.07, 6.45) is 1.72. The van der Waals surface area contributed by atoms with Crippen LogP contribution in [0.15, 0.2) is 14.4 Å². The van der Waals surface area contributed by atoms with Gasteiger partial charge < -0.3 is 19.5 Å². The maximum atomic E-state index is 12.6. The first-order chi connectivity index (χ1) is 11.2. The number of likely N-dealkylation sites (N-methyl/N-ethyl adjacent to an activating group) is 1. The second kappa shape index (κ2) is 6.54. The van der Waals surface area contributed by atoms with Crippen LogP contribution in [-0.4, -0.2) is 67.1 Å². The number of hydrogen-bond acceptors (Lipinski definition) is 6. The fraction of sp³-hybridized carbons (Fsp3) is 0.562. The SMILES string of the molecule is CCN(CC)CCNC(=O)c1c(C)oc2c1C1=NCCN1C=N2. The van der Waals surface area contributed by atoms with Crippen LogP contribution in [0.4, 0.5) is 5.88 Å². The van der Waals surface area contributed by atoms with Gasteiger partial charge in [0.15, 0.2) is 0 Å². The van der Waals surface area contributed by atoms with Crippen molar-refractivity contribution >= 4 is 24.0 Å². The molecule has 0 spiro atoms. The van der Waals surface area contributed by atoms with Crippen molar-refractivity contribution in [3.05, 3.63) is 16.9 Å². The van der Waals surface area contributed by atoms with Crippen LogP contribution in [0.25, 0.3) is 0 Å². The summed E-state index contributed by atoms with van der Waals surface area (Å²) in [5, 5.41) is 2.99. The molecule has 3 rings (SSSR count). The van der Waals surface area contributed by atoms with Crippen LogP contribution < -0.4 is 5.32 Å². The van der Waals surface area contributed by atoms with Gasteiger partial charge in [-0.25, -0.2) is 4.99 Å². The molecule has 1 amide bonds. The van der Waals surface area contributed by atoms with Crippen molar-refractivity contribution in [2.24, 2.45) is 9.98 Å². The standard InChI is InChI=1S/C16H23N5O2/c1-4-20(5-2)8-6-18-15(22)12-11(3)23-16-13(12)14-17-7-9-21(14)10-19-16/h10H,4-9H2,1-3H3,(H,18,22). The van der Waals surface area contributed by atoms with Gasteiger partial charge in [0.2, 0.25) is 5.88 Å². The van der Waals surface area contributed by atoms with Crippen LogP contribution in [0.1, 0.15) is 35.5 Å². The van der Waals surface area contributed by atoms with E-state index in [4.69, 9.17) is 4.42 Å². The zero-order valence-electron chi connectivity index (χ0n) is 13.9. The van der Waals surface area contributed by atoms with Crippen molar-refractivity contribution in [3.8, 4) is 0 Å². The molecule has 0 aliphatic carbocycles. The van der Waals surface area contributed by atoms with E-state index < -0.39 is 0 Å². The van der Waals surface area contributed by atoms with Gasteiger partial charge in [-0.2, -0.15) is 0 Å². The van der Waals surface area contributed by atoms with Crippen molar-refractivity contribution in [3.63, 3.8) is 0 Å². The van der Waals surface area contributed by atoms with E-state index in [1.165, 1.54) is 0 Å². The number of carbonyl (C=O) groups excluding carboxylic acids is 1. The lowest BCUT2D eigenvalue weighted by Gasteiger charge is -2.19. The highest BCUT2D eigenvalue weighted by Crippen LogP contribution is 2.34. The predicted molar refractivity (Wildman–Crippen MR) is 89.8 cm³/mol. The highest BCUT2D eigenvalue weighted by molar-refractivity contribution is 6.17. The monoisotopic (exact) mass is 317 g/mol. The molecule has 0 saturated carbocycles. The molecule has 1 aromatic rings. The Hall–Kier alpha value is -2.15. The van der Waals surface area contributed by atoms with Crippen molar-refractivity contribution < 1.29 is 9.21 Å². The Morgan fingerprint density at radius 2 is 2.22 bits per heavy atom. The molecular formula is C16H23N5O2. The van der Waals surface area contributed by atoms with Crippen LogP contribution in [-0.2, 0) is 0 Å². The molecule has 3 heterocycles. The third-order valence-corrected chi connectivity index (χ3v) is 4.31. The molecule has 0 fully saturated rings. The quantitative estimate of drug-likeness (QED) is 0.860. The van der Waals surface area contributed by atoms with Gasteiger partial charge in [0.1, 0.15) is 17.9 Å². The van der Waals surface area contributed by atoms with Crippen LogP contribution in [0.5, 0.6) is 0 Å². The molecule has 7 nitrogen and oxygen atoms in total. The summed E-state index contributed by atoms with van der Waals surface area (Å²) >= 11 is 0. The van der Waals surface area contributed by atoms with E-state index in [-0.39, 0.29) is 5.91 Å². The lowest BCUT2D eigenvalue weighted by molar-refractivity contribution is 0.0947. The summed E-state index contributed by atoms with van der Waals surface area (Å²) in [5.74, 6) is 1.74. The molecule has 0 unspecified atom stereocenters. The van der Waals surface area contributed by atoms with Gasteiger partial charge in [0.25, 0.3) is 5.91 Å². The minimum Gasteiger partial charge on any atom is -0.442 e. The Morgan fingerprint density at radius 1 is 1.43 bits per heavy atom. The number of aryl methyl sites for hydroxylation is 1. The maximum Gasteiger partial charge on any atom is 0.255 e. The topological polar surface area (TPSA) is 73.4 Å². The van der Waals surface area contributed by atoms with Crippen molar-refractivity contribution in [2.75, 3.05) is 39.3 Å². The van der Waals surface area contributed by atoms with Crippen LogP contribution in [0, 0.1) is 6.92 Å². The molecule has 2 aliphatic rings. The average Bonchev–Trinajstić information content (AvgIpc) is 3.14. The van der Waals surface area contributed by atoms with Gasteiger partial charge in [-0.3, -0.25) is 9.79 Å². The van der Waals surface area contributed by atoms with Crippen LogP contribution in [0.2, 0.25) is 0 Å². The van der Waals surface area contributed by atoms with E-state index in [2.05, 4.69) is 34.0 Å². The number of furan rings is 1. The van der Waals surface area contributed by atoms with Gasteiger partial charge in [0.05, 0.1) is 17.7 Å². The highest BCUT2D eigenvalue weighted by Gasteiger charge is 2.33. The molecule has 1 N–H and O–H groups in total. The van der Waals surface area contributed by atoms with Gasteiger partial charge in [-0.15, -0.1) is 0 Å². The van der Waals surface area contributed by atoms with E-state index in [1.54, 1.807) is 13.3 Å². The summed E-state index contributed by atoms with van der Waals surface area (Å²) in [6.45, 7) is 11.0. The summed E-state index contributed by atoms with van der Waals surface area (Å²) < 4.78 is 5.66. The number of aliphatic imine (C=N–C) groups is 2. The van der Waals surface area contributed by atoms with Crippen molar-refractivity contribution in [1.82, 2.24) is 15.1 Å². The molecule has 23 heavy (non-hydrogen) atoms. The second-order valence-electron chi connectivity index (χ2n) is 5.64. The average molecular weight is 317 g/mol. The Balaban J connectivity index is 1.77. The number of hydrogen-bond donors (Lipinski definition) is 1. The first-order valence-electron chi connectivity index (χ1n) is 8.15. The van der Waals surface area contributed by atoms with E-state index in [9.17, 15) is 4.79 Å².